The molecule has 0 saturated carbocycles. The van der Waals surface area contributed by atoms with Gasteiger partial charge in [0.05, 0.1) is 11.9 Å². The first kappa shape index (κ1) is 31.5. The summed E-state index contributed by atoms with van der Waals surface area (Å²) in [5.41, 5.74) is 3.03. The first-order chi connectivity index (χ1) is 19.0. The Bertz CT molecular complexity index is 1420. The second kappa shape index (κ2) is 14.5. The molecule has 3 aromatic carbocycles. The van der Waals surface area contributed by atoms with Gasteiger partial charge in [-0.15, -0.1) is 0 Å². The van der Waals surface area contributed by atoms with E-state index in [1.165, 1.54) is 9.21 Å². The fourth-order valence-corrected chi connectivity index (χ4v) is 5.89. The number of hydrogen-bond acceptors (Lipinski definition) is 4. The smallest absolute Gasteiger partial charge is 0.243 e. The van der Waals surface area contributed by atoms with Gasteiger partial charge in [-0.3, -0.25) is 13.9 Å². The Labute approximate surface area is 247 Å². The highest BCUT2D eigenvalue weighted by Gasteiger charge is 2.30. The van der Waals surface area contributed by atoms with Gasteiger partial charge in [-0.1, -0.05) is 71.7 Å². The topological polar surface area (TPSA) is 86.8 Å². The molecule has 3 rings (SSSR count). The van der Waals surface area contributed by atoms with Gasteiger partial charge in [0.2, 0.25) is 21.8 Å². The lowest BCUT2D eigenvalue weighted by Gasteiger charge is -2.32. The van der Waals surface area contributed by atoms with Crippen molar-refractivity contribution in [2.45, 2.75) is 45.7 Å². The van der Waals surface area contributed by atoms with Crippen molar-refractivity contribution in [1.82, 2.24) is 10.2 Å². The first-order valence-electron chi connectivity index (χ1n) is 13.1. The molecule has 40 heavy (non-hydrogen) atoms. The molecule has 0 radical (unpaired) electrons. The number of likely N-dealkylation sites (N-methyl/N-ethyl adjacent to an activating group) is 1. The second-order valence-electron chi connectivity index (χ2n) is 9.64. The highest BCUT2D eigenvalue weighted by molar-refractivity contribution is 7.92. The molecule has 0 aliphatic heterocycles. The molecule has 214 valence electrons. The zero-order chi connectivity index (χ0) is 29.3. The average molecular weight is 605 g/mol. The molecule has 0 aromatic heterocycles. The van der Waals surface area contributed by atoms with Gasteiger partial charge in [0, 0.05) is 42.5 Å². The predicted molar refractivity (Wildman–Crippen MR) is 162 cm³/mol. The summed E-state index contributed by atoms with van der Waals surface area (Å²) in [6.45, 7) is 4.34. The number of benzene rings is 3. The molecule has 0 saturated heterocycles. The third-order valence-electron chi connectivity index (χ3n) is 6.42. The molecule has 0 fully saturated rings. The van der Waals surface area contributed by atoms with Crippen molar-refractivity contribution in [2.24, 2.45) is 0 Å². The number of carbonyl (C=O) groups excluding carboxylic acids is 2. The van der Waals surface area contributed by atoms with Gasteiger partial charge in [0.1, 0.15) is 6.04 Å². The van der Waals surface area contributed by atoms with E-state index in [0.29, 0.717) is 34.3 Å². The van der Waals surface area contributed by atoms with Crippen LogP contribution in [0.4, 0.5) is 5.69 Å². The van der Waals surface area contributed by atoms with Crippen LogP contribution in [0.2, 0.25) is 10.0 Å². The van der Waals surface area contributed by atoms with Crippen LogP contribution >= 0.6 is 23.2 Å². The SMILES string of the molecule is CCNC(=O)[C@H](Cc1ccccc1)N(Cc1ccc(Cl)cc1Cl)C(=O)CCCN(c1cccc(C)c1)S(C)(=O)=O. The summed E-state index contributed by atoms with van der Waals surface area (Å²) < 4.78 is 26.5. The van der Waals surface area contributed by atoms with Crippen LogP contribution < -0.4 is 9.62 Å². The normalized spacial score (nSPS) is 12.0. The van der Waals surface area contributed by atoms with Crippen LogP contribution in [0, 0.1) is 6.92 Å². The summed E-state index contributed by atoms with van der Waals surface area (Å²) in [5, 5.41) is 3.71. The average Bonchev–Trinajstić information content (AvgIpc) is 2.89. The Hall–Kier alpha value is -3.07. The zero-order valence-electron chi connectivity index (χ0n) is 22.9. The van der Waals surface area contributed by atoms with Crippen LogP contribution in [0.15, 0.2) is 72.8 Å². The number of aryl methyl sites for hydroxylation is 1. The Morgan fingerprint density at radius 2 is 1.70 bits per heavy atom. The fourth-order valence-electron chi connectivity index (χ4n) is 4.47. The van der Waals surface area contributed by atoms with Crippen molar-refractivity contribution in [2.75, 3.05) is 23.7 Å². The zero-order valence-corrected chi connectivity index (χ0v) is 25.3. The third-order valence-corrected chi connectivity index (χ3v) is 8.20. The number of halogens is 2. The molecule has 7 nitrogen and oxygen atoms in total. The quantitative estimate of drug-likeness (QED) is 0.274. The monoisotopic (exact) mass is 603 g/mol. The van der Waals surface area contributed by atoms with Crippen LogP contribution in [0.3, 0.4) is 0 Å². The number of anilines is 1. The van der Waals surface area contributed by atoms with Crippen molar-refractivity contribution in [3.8, 4) is 0 Å². The van der Waals surface area contributed by atoms with E-state index in [9.17, 15) is 18.0 Å². The van der Waals surface area contributed by atoms with Crippen molar-refractivity contribution >= 4 is 50.7 Å². The number of nitrogens with zero attached hydrogens (tertiary/aromatic N) is 2. The fraction of sp³-hybridized carbons (Fsp3) is 0.333. The number of hydrogen-bond donors (Lipinski definition) is 1. The Balaban J connectivity index is 1.89. The van der Waals surface area contributed by atoms with E-state index in [0.717, 1.165) is 17.4 Å². The summed E-state index contributed by atoms with van der Waals surface area (Å²) in [4.78, 5) is 28.6. The molecule has 2 amide bonds. The minimum absolute atomic E-state index is 0.0355. The van der Waals surface area contributed by atoms with E-state index in [4.69, 9.17) is 23.2 Å². The molecule has 3 aromatic rings. The molecule has 0 bridgehead atoms. The van der Waals surface area contributed by atoms with Crippen LogP contribution in [0.1, 0.15) is 36.5 Å². The molecule has 0 aliphatic carbocycles. The van der Waals surface area contributed by atoms with Crippen LogP contribution in [-0.2, 0) is 32.6 Å². The van der Waals surface area contributed by atoms with Gasteiger partial charge >= 0.3 is 0 Å². The molecule has 0 spiro atoms. The van der Waals surface area contributed by atoms with E-state index in [1.54, 1.807) is 36.4 Å². The molecule has 10 heteroatoms. The maximum atomic E-state index is 13.8. The maximum absolute atomic E-state index is 13.8. The molecule has 0 heterocycles. The number of carbonyl (C=O) groups is 2. The highest BCUT2D eigenvalue weighted by atomic mass is 35.5. The summed E-state index contributed by atoms with van der Waals surface area (Å²) in [7, 11) is -3.57. The molecule has 0 unspecified atom stereocenters. The first-order valence-corrected chi connectivity index (χ1v) is 15.7. The lowest BCUT2D eigenvalue weighted by atomic mass is 10.0. The lowest BCUT2D eigenvalue weighted by Crippen LogP contribution is -2.50. The summed E-state index contributed by atoms with van der Waals surface area (Å²) in [6.07, 6.45) is 1.76. The van der Waals surface area contributed by atoms with E-state index in [-0.39, 0.29) is 37.7 Å². The van der Waals surface area contributed by atoms with Crippen molar-refractivity contribution in [1.29, 1.82) is 0 Å². The molecule has 1 N–H and O–H groups in total. The van der Waals surface area contributed by atoms with E-state index in [1.807, 2.05) is 50.2 Å². The second-order valence-corrected chi connectivity index (χ2v) is 12.4. The summed E-state index contributed by atoms with van der Waals surface area (Å²) in [5.74, 6) is -0.557. The number of nitrogens with one attached hydrogen (secondary N) is 1. The van der Waals surface area contributed by atoms with Crippen molar-refractivity contribution in [3.05, 3.63) is 99.5 Å². The van der Waals surface area contributed by atoms with E-state index in [2.05, 4.69) is 5.32 Å². The predicted octanol–water partition coefficient (Wildman–Crippen LogP) is 5.62. The van der Waals surface area contributed by atoms with Gasteiger partial charge in [-0.25, -0.2) is 8.42 Å². The van der Waals surface area contributed by atoms with Gasteiger partial charge in [0.25, 0.3) is 0 Å². The van der Waals surface area contributed by atoms with Crippen LogP contribution in [0.5, 0.6) is 0 Å². The Morgan fingerprint density at radius 3 is 2.33 bits per heavy atom. The number of amides is 2. The largest absolute Gasteiger partial charge is 0.355 e. The van der Waals surface area contributed by atoms with Gasteiger partial charge in [0.15, 0.2) is 0 Å². The highest BCUT2D eigenvalue weighted by Crippen LogP contribution is 2.25. The van der Waals surface area contributed by atoms with Crippen LogP contribution in [-0.4, -0.2) is 50.5 Å². The minimum Gasteiger partial charge on any atom is -0.355 e. The minimum atomic E-state index is -3.57. The molecular weight excluding hydrogens is 569 g/mol. The Morgan fingerprint density at radius 1 is 0.975 bits per heavy atom. The van der Waals surface area contributed by atoms with Crippen molar-refractivity contribution < 1.29 is 18.0 Å². The van der Waals surface area contributed by atoms with Gasteiger partial charge in [-0.05, 0) is 61.2 Å². The summed E-state index contributed by atoms with van der Waals surface area (Å²) in [6, 6.07) is 20.9. The van der Waals surface area contributed by atoms with Crippen LogP contribution in [0.25, 0.3) is 0 Å². The molecular formula is C30H35Cl2N3O4S. The maximum Gasteiger partial charge on any atom is 0.243 e. The lowest BCUT2D eigenvalue weighted by molar-refractivity contribution is -0.141. The standard InChI is InChI=1S/C30H35Cl2N3O4S/c1-4-33-30(37)28(19-23-11-6-5-7-12-23)34(21-24-15-16-25(31)20-27(24)32)29(36)14-9-17-35(40(3,38)39)26-13-8-10-22(2)18-26/h5-8,10-13,15-16,18,20,28H,4,9,14,17,19,21H2,1-3H3,(H,33,37)/t28-/m0/s1. The third kappa shape index (κ3) is 8.98. The van der Waals surface area contributed by atoms with Crippen molar-refractivity contribution in [3.63, 3.8) is 0 Å². The van der Waals surface area contributed by atoms with E-state index < -0.39 is 16.1 Å². The molecule has 0 aliphatic rings. The summed E-state index contributed by atoms with van der Waals surface area (Å²) >= 11 is 12.6. The number of sulfonamides is 1. The Kier molecular flexibility index (Phi) is 11.4. The molecule has 1 atom stereocenters. The van der Waals surface area contributed by atoms with E-state index >= 15 is 0 Å². The van der Waals surface area contributed by atoms with Gasteiger partial charge in [-0.2, -0.15) is 0 Å². The number of rotatable bonds is 13. The van der Waals surface area contributed by atoms with Gasteiger partial charge < -0.3 is 10.2 Å².